The molecule has 1 fully saturated rings. The van der Waals surface area contributed by atoms with Gasteiger partial charge >= 0.3 is 0 Å². The fraction of sp³-hybridized carbons (Fsp3) is 1.00. The first kappa shape index (κ1) is 13.9. The maximum Gasteiger partial charge on any atom is 0.0277 e. The maximum absolute atomic E-state index is 5.95. The number of hydrogen-bond acceptors (Lipinski definition) is 3. The molecule has 0 radical (unpaired) electrons. The van der Waals surface area contributed by atoms with Crippen LogP contribution in [-0.4, -0.2) is 54.6 Å². The second-order valence-electron chi connectivity index (χ2n) is 5.89. The van der Waals surface area contributed by atoms with Crippen LogP contribution in [0.4, 0.5) is 0 Å². The quantitative estimate of drug-likeness (QED) is 0.788. The first-order valence-electron chi connectivity index (χ1n) is 6.57. The molecule has 2 N–H and O–H groups in total. The molecule has 0 aromatic rings. The van der Waals surface area contributed by atoms with Gasteiger partial charge in [0.2, 0.25) is 0 Å². The fourth-order valence-corrected chi connectivity index (χ4v) is 2.57. The number of rotatable bonds is 4. The Morgan fingerprint density at radius 1 is 1.31 bits per heavy atom. The van der Waals surface area contributed by atoms with E-state index >= 15 is 0 Å². The molecule has 3 nitrogen and oxygen atoms in total. The Balaban J connectivity index is 2.66. The lowest BCUT2D eigenvalue weighted by Gasteiger charge is -2.49. The molecule has 0 saturated carbocycles. The van der Waals surface area contributed by atoms with E-state index < -0.39 is 0 Å². The molecular formula is C13H29N3. The van der Waals surface area contributed by atoms with Gasteiger partial charge in [0.25, 0.3) is 0 Å². The maximum atomic E-state index is 5.95. The minimum Gasteiger partial charge on any atom is -0.329 e. The first-order chi connectivity index (χ1) is 7.42. The highest BCUT2D eigenvalue weighted by molar-refractivity contribution is 4.92. The molecule has 0 amide bonds. The van der Waals surface area contributed by atoms with Gasteiger partial charge in [-0.25, -0.2) is 0 Å². The highest BCUT2D eigenvalue weighted by Gasteiger charge is 2.34. The summed E-state index contributed by atoms with van der Waals surface area (Å²) in [5, 5.41) is 0. The van der Waals surface area contributed by atoms with Crippen LogP contribution in [0.3, 0.4) is 0 Å². The summed E-state index contributed by atoms with van der Waals surface area (Å²) in [4.78, 5) is 5.04. The zero-order valence-electron chi connectivity index (χ0n) is 11.7. The lowest BCUT2D eigenvalue weighted by molar-refractivity contribution is 0.00557. The molecule has 0 aromatic carbocycles. The lowest BCUT2D eigenvalue weighted by atomic mass is 9.93. The van der Waals surface area contributed by atoms with Crippen molar-refractivity contribution in [1.82, 2.24) is 9.80 Å². The van der Waals surface area contributed by atoms with Gasteiger partial charge in [0.1, 0.15) is 0 Å². The minimum absolute atomic E-state index is 0.277. The summed E-state index contributed by atoms with van der Waals surface area (Å²) < 4.78 is 0. The van der Waals surface area contributed by atoms with Gasteiger partial charge < -0.3 is 5.73 Å². The fourth-order valence-electron chi connectivity index (χ4n) is 2.57. The Bertz CT molecular complexity index is 215. The van der Waals surface area contributed by atoms with Crippen molar-refractivity contribution in [3.63, 3.8) is 0 Å². The van der Waals surface area contributed by atoms with Gasteiger partial charge in [-0.2, -0.15) is 0 Å². The normalized spacial score (nSPS) is 26.6. The van der Waals surface area contributed by atoms with Crippen molar-refractivity contribution in [2.45, 2.75) is 45.7 Å². The Morgan fingerprint density at radius 3 is 2.38 bits per heavy atom. The number of nitrogens with zero attached hydrogens (tertiary/aromatic N) is 2. The molecule has 1 heterocycles. The molecule has 1 rings (SSSR count). The van der Waals surface area contributed by atoms with Crippen LogP contribution in [0.25, 0.3) is 0 Å². The molecular weight excluding hydrogens is 198 g/mol. The van der Waals surface area contributed by atoms with E-state index in [1.165, 1.54) is 6.42 Å². The summed E-state index contributed by atoms with van der Waals surface area (Å²) in [7, 11) is 2.22. The summed E-state index contributed by atoms with van der Waals surface area (Å²) in [5.41, 5.74) is 6.22. The summed E-state index contributed by atoms with van der Waals surface area (Å²) in [6.45, 7) is 13.5. The molecule has 0 spiro atoms. The van der Waals surface area contributed by atoms with Gasteiger partial charge in [0.15, 0.2) is 0 Å². The van der Waals surface area contributed by atoms with Crippen LogP contribution in [0.15, 0.2) is 0 Å². The number of nitrogens with two attached hydrogens (primary N) is 1. The third-order valence-corrected chi connectivity index (χ3v) is 4.36. The molecule has 2 unspecified atom stereocenters. The lowest BCUT2D eigenvalue weighted by Crippen LogP contribution is -2.61. The van der Waals surface area contributed by atoms with Gasteiger partial charge in [-0.15, -0.1) is 0 Å². The Morgan fingerprint density at radius 2 is 1.94 bits per heavy atom. The smallest absolute Gasteiger partial charge is 0.0277 e. The van der Waals surface area contributed by atoms with E-state index in [1.807, 2.05) is 0 Å². The molecule has 0 aliphatic carbocycles. The predicted octanol–water partition coefficient (Wildman–Crippen LogP) is 1.39. The summed E-state index contributed by atoms with van der Waals surface area (Å²) >= 11 is 0. The minimum atomic E-state index is 0.277. The first-order valence-corrected chi connectivity index (χ1v) is 6.57. The van der Waals surface area contributed by atoms with Gasteiger partial charge in [-0.1, -0.05) is 20.3 Å². The third kappa shape index (κ3) is 2.96. The van der Waals surface area contributed by atoms with Crippen LogP contribution in [0, 0.1) is 5.92 Å². The molecule has 1 aliphatic heterocycles. The third-order valence-electron chi connectivity index (χ3n) is 4.36. The van der Waals surface area contributed by atoms with Gasteiger partial charge in [0, 0.05) is 37.8 Å². The molecule has 2 atom stereocenters. The van der Waals surface area contributed by atoms with Crippen LogP contribution in [-0.2, 0) is 0 Å². The van der Waals surface area contributed by atoms with Gasteiger partial charge in [-0.05, 0) is 26.8 Å². The Labute approximate surface area is 101 Å². The van der Waals surface area contributed by atoms with E-state index in [4.69, 9.17) is 5.73 Å². The molecule has 0 aromatic heterocycles. The second-order valence-corrected chi connectivity index (χ2v) is 5.89. The molecule has 3 heteroatoms. The van der Waals surface area contributed by atoms with Crippen molar-refractivity contribution < 1.29 is 0 Å². The number of likely N-dealkylation sites (N-methyl/N-ethyl adjacent to an activating group) is 1. The number of hydrogen-bond donors (Lipinski definition) is 1. The molecule has 1 aliphatic rings. The zero-order chi connectivity index (χ0) is 12.3. The molecule has 16 heavy (non-hydrogen) atoms. The monoisotopic (exact) mass is 227 g/mol. The highest BCUT2D eigenvalue weighted by Crippen LogP contribution is 2.23. The standard InChI is InChI=1S/C13H29N3/c1-6-11(2)12(9-14)16-8-7-15(5)13(3,4)10-16/h11-12H,6-10,14H2,1-5H3. The topological polar surface area (TPSA) is 32.5 Å². The number of piperazine rings is 1. The molecule has 96 valence electrons. The second kappa shape index (κ2) is 5.48. The van der Waals surface area contributed by atoms with Crippen molar-refractivity contribution in [2.24, 2.45) is 11.7 Å². The zero-order valence-corrected chi connectivity index (χ0v) is 11.7. The van der Waals surface area contributed by atoms with Crippen LogP contribution >= 0.6 is 0 Å². The van der Waals surface area contributed by atoms with E-state index in [-0.39, 0.29) is 5.54 Å². The van der Waals surface area contributed by atoms with E-state index in [0.29, 0.717) is 12.0 Å². The van der Waals surface area contributed by atoms with E-state index in [9.17, 15) is 0 Å². The SMILES string of the molecule is CCC(C)C(CN)N1CCN(C)C(C)(C)C1. The van der Waals surface area contributed by atoms with Crippen LogP contribution in [0.5, 0.6) is 0 Å². The van der Waals surface area contributed by atoms with Crippen LogP contribution in [0.2, 0.25) is 0 Å². The van der Waals surface area contributed by atoms with Crippen molar-refractivity contribution >= 4 is 0 Å². The average Bonchev–Trinajstić information content (AvgIpc) is 2.23. The van der Waals surface area contributed by atoms with Crippen molar-refractivity contribution in [3.8, 4) is 0 Å². The van der Waals surface area contributed by atoms with Crippen LogP contribution < -0.4 is 5.73 Å². The highest BCUT2D eigenvalue weighted by atomic mass is 15.3. The van der Waals surface area contributed by atoms with Crippen molar-refractivity contribution in [2.75, 3.05) is 33.2 Å². The van der Waals surface area contributed by atoms with Crippen LogP contribution in [0.1, 0.15) is 34.1 Å². The van der Waals surface area contributed by atoms with E-state index in [2.05, 4.69) is 44.5 Å². The Hall–Kier alpha value is -0.120. The predicted molar refractivity (Wildman–Crippen MR) is 70.6 cm³/mol. The summed E-state index contributed by atoms with van der Waals surface area (Å²) in [5.74, 6) is 0.698. The van der Waals surface area contributed by atoms with Crippen molar-refractivity contribution in [3.05, 3.63) is 0 Å². The van der Waals surface area contributed by atoms with Crippen molar-refractivity contribution in [1.29, 1.82) is 0 Å². The Kier molecular flexibility index (Phi) is 4.77. The average molecular weight is 227 g/mol. The molecule has 1 saturated heterocycles. The van der Waals surface area contributed by atoms with E-state index in [0.717, 1.165) is 26.2 Å². The largest absolute Gasteiger partial charge is 0.329 e. The van der Waals surface area contributed by atoms with Gasteiger partial charge in [0.05, 0.1) is 0 Å². The van der Waals surface area contributed by atoms with Gasteiger partial charge in [-0.3, -0.25) is 9.80 Å². The summed E-state index contributed by atoms with van der Waals surface area (Å²) in [6, 6.07) is 0.554. The molecule has 0 bridgehead atoms. The van der Waals surface area contributed by atoms with E-state index in [1.54, 1.807) is 0 Å². The summed E-state index contributed by atoms with van der Waals surface area (Å²) in [6.07, 6.45) is 1.22.